The standard InChI is InChI=1S/C18H20N4O3/c1-11-15(13(3)23)12(2)21-16(11)18(24)22-17-14(7-6-9-20-17)25-10-5-4-8-19/h6-7,9,21H,4-5,10H2,1-3H3,(H,20,22,24). The Morgan fingerprint density at radius 1 is 1.40 bits per heavy atom. The molecule has 7 heteroatoms. The molecule has 0 radical (unpaired) electrons. The number of pyridine rings is 1. The van der Waals surface area contributed by atoms with Crippen LogP contribution < -0.4 is 10.1 Å². The minimum absolute atomic E-state index is 0.0929. The van der Waals surface area contributed by atoms with E-state index in [1.807, 2.05) is 6.07 Å². The number of Topliss-reactive ketones (excluding diaryl/α,β-unsaturated/α-hetero) is 1. The molecule has 0 aromatic carbocycles. The molecular formula is C18H20N4O3. The zero-order valence-electron chi connectivity index (χ0n) is 14.5. The van der Waals surface area contributed by atoms with E-state index < -0.39 is 5.91 Å². The van der Waals surface area contributed by atoms with Gasteiger partial charge in [0.25, 0.3) is 5.91 Å². The lowest BCUT2D eigenvalue weighted by molar-refractivity contribution is 0.101. The lowest BCUT2D eigenvalue weighted by Crippen LogP contribution is -2.16. The van der Waals surface area contributed by atoms with Gasteiger partial charge in [0.2, 0.25) is 0 Å². The maximum absolute atomic E-state index is 12.6. The van der Waals surface area contributed by atoms with Crippen molar-refractivity contribution in [2.75, 3.05) is 11.9 Å². The molecule has 130 valence electrons. The number of nitrogens with one attached hydrogen (secondary N) is 2. The number of nitrogens with zero attached hydrogens (tertiary/aromatic N) is 2. The summed E-state index contributed by atoms with van der Waals surface area (Å²) in [5.74, 6) is 0.236. The molecule has 0 saturated carbocycles. The summed E-state index contributed by atoms with van der Waals surface area (Å²) >= 11 is 0. The number of aryl methyl sites for hydroxylation is 1. The molecule has 2 aromatic heterocycles. The lowest BCUT2D eigenvalue weighted by Gasteiger charge is -2.11. The van der Waals surface area contributed by atoms with Crippen LogP contribution in [0.5, 0.6) is 5.75 Å². The van der Waals surface area contributed by atoms with Gasteiger partial charge in [0.1, 0.15) is 5.69 Å². The third-order valence-corrected chi connectivity index (χ3v) is 3.71. The van der Waals surface area contributed by atoms with Crippen molar-refractivity contribution in [3.05, 3.63) is 40.8 Å². The van der Waals surface area contributed by atoms with E-state index in [1.165, 1.54) is 6.92 Å². The van der Waals surface area contributed by atoms with Gasteiger partial charge in [-0.2, -0.15) is 5.26 Å². The number of carbonyl (C=O) groups excluding carboxylic acids is 2. The first-order valence-corrected chi connectivity index (χ1v) is 7.92. The van der Waals surface area contributed by atoms with E-state index in [-0.39, 0.29) is 5.78 Å². The van der Waals surface area contributed by atoms with Crippen molar-refractivity contribution in [2.45, 2.75) is 33.6 Å². The summed E-state index contributed by atoms with van der Waals surface area (Å²) in [6.45, 7) is 5.31. The van der Waals surface area contributed by atoms with Gasteiger partial charge in [-0.3, -0.25) is 9.59 Å². The number of aromatic amines is 1. The molecule has 0 aliphatic rings. The molecule has 2 aromatic rings. The van der Waals surface area contributed by atoms with E-state index in [0.29, 0.717) is 53.5 Å². The molecule has 1 amide bonds. The maximum Gasteiger partial charge on any atom is 0.273 e. The third-order valence-electron chi connectivity index (χ3n) is 3.71. The number of nitriles is 1. The molecule has 2 rings (SSSR count). The minimum atomic E-state index is -0.395. The lowest BCUT2D eigenvalue weighted by atomic mass is 10.1. The number of ketones is 1. The van der Waals surface area contributed by atoms with Crippen molar-refractivity contribution in [1.82, 2.24) is 9.97 Å². The fourth-order valence-electron chi connectivity index (χ4n) is 2.61. The van der Waals surface area contributed by atoms with Gasteiger partial charge >= 0.3 is 0 Å². The number of rotatable bonds is 7. The highest BCUT2D eigenvalue weighted by Gasteiger charge is 2.21. The van der Waals surface area contributed by atoms with Crippen molar-refractivity contribution in [3.8, 4) is 11.8 Å². The summed E-state index contributed by atoms with van der Waals surface area (Å²) in [5, 5.41) is 11.3. The topological polar surface area (TPSA) is 108 Å². The van der Waals surface area contributed by atoms with Gasteiger partial charge in [0.05, 0.1) is 12.7 Å². The number of hydrogen-bond acceptors (Lipinski definition) is 5. The van der Waals surface area contributed by atoms with Gasteiger partial charge in [-0.1, -0.05) is 0 Å². The van der Waals surface area contributed by atoms with Crippen LogP contribution in [0.1, 0.15) is 51.9 Å². The van der Waals surface area contributed by atoms with E-state index in [9.17, 15) is 9.59 Å². The number of H-pyrrole nitrogens is 1. The molecule has 0 fully saturated rings. The number of aromatic nitrogens is 2. The molecule has 2 heterocycles. The molecule has 25 heavy (non-hydrogen) atoms. The Hall–Kier alpha value is -3.14. The van der Waals surface area contributed by atoms with Gasteiger partial charge in [-0.15, -0.1) is 0 Å². The van der Waals surface area contributed by atoms with E-state index in [4.69, 9.17) is 10.00 Å². The van der Waals surface area contributed by atoms with Gasteiger partial charge in [-0.25, -0.2) is 4.98 Å². The van der Waals surface area contributed by atoms with Crippen LogP contribution in [0.2, 0.25) is 0 Å². The Bertz CT molecular complexity index is 833. The molecule has 0 spiro atoms. The number of carbonyl (C=O) groups is 2. The number of hydrogen-bond donors (Lipinski definition) is 2. The van der Waals surface area contributed by atoms with Crippen LogP contribution in [-0.4, -0.2) is 28.3 Å². The van der Waals surface area contributed by atoms with E-state index in [2.05, 4.69) is 15.3 Å². The Balaban J connectivity index is 2.18. The average Bonchev–Trinajstić information content (AvgIpc) is 2.87. The number of ether oxygens (including phenoxy) is 1. The molecule has 0 saturated heterocycles. The number of anilines is 1. The number of unbranched alkanes of at least 4 members (excludes halogenated alkanes) is 1. The molecule has 0 aliphatic carbocycles. The molecule has 0 unspecified atom stereocenters. The van der Waals surface area contributed by atoms with Crippen molar-refractivity contribution >= 4 is 17.5 Å². The Morgan fingerprint density at radius 3 is 2.80 bits per heavy atom. The van der Waals surface area contributed by atoms with Crippen LogP contribution in [0.3, 0.4) is 0 Å². The fraction of sp³-hybridized carbons (Fsp3) is 0.333. The average molecular weight is 340 g/mol. The summed E-state index contributed by atoms with van der Waals surface area (Å²) in [5.41, 5.74) is 2.11. The third kappa shape index (κ3) is 4.23. The molecule has 0 atom stereocenters. The Kier molecular flexibility index (Phi) is 5.90. The highest BCUT2D eigenvalue weighted by Crippen LogP contribution is 2.24. The Labute approximate surface area is 146 Å². The van der Waals surface area contributed by atoms with E-state index in [0.717, 1.165) is 0 Å². The SMILES string of the molecule is CC(=O)c1c(C)[nH]c(C(=O)Nc2ncccc2OCCCC#N)c1C. The van der Waals surface area contributed by atoms with Crippen LogP contribution in [0.25, 0.3) is 0 Å². The van der Waals surface area contributed by atoms with Gasteiger partial charge in [0.15, 0.2) is 17.4 Å². The van der Waals surface area contributed by atoms with Crippen molar-refractivity contribution in [2.24, 2.45) is 0 Å². The van der Waals surface area contributed by atoms with Crippen molar-refractivity contribution in [1.29, 1.82) is 5.26 Å². The molecule has 0 aliphatic heterocycles. The Morgan fingerprint density at radius 2 is 2.16 bits per heavy atom. The second-order valence-electron chi connectivity index (χ2n) is 5.60. The van der Waals surface area contributed by atoms with E-state index in [1.54, 1.807) is 32.2 Å². The maximum atomic E-state index is 12.6. The smallest absolute Gasteiger partial charge is 0.273 e. The second kappa shape index (κ2) is 8.11. The molecule has 2 N–H and O–H groups in total. The highest BCUT2D eigenvalue weighted by molar-refractivity contribution is 6.07. The van der Waals surface area contributed by atoms with Crippen LogP contribution in [-0.2, 0) is 0 Å². The van der Waals surface area contributed by atoms with Gasteiger partial charge < -0.3 is 15.0 Å². The summed E-state index contributed by atoms with van der Waals surface area (Å²) in [6.07, 6.45) is 2.54. The van der Waals surface area contributed by atoms with Crippen LogP contribution in [0, 0.1) is 25.2 Å². The van der Waals surface area contributed by atoms with Crippen LogP contribution in [0.15, 0.2) is 18.3 Å². The predicted molar refractivity (Wildman–Crippen MR) is 92.8 cm³/mol. The normalized spacial score (nSPS) is 10.2. The molecule has 7 nitrogen and oxygen atoms in total. The number of amides is 1. The quantitative estimate of drug-likeness (QED) is 0.594. The first kappa shape index (κ1) is 18.2. The predicted octanol–water partition coefficient (Wildman–Crippen LogP) is 3.16. The summed E-state index contributed by atoms with van der Waals surface area (Å²) in [7, 11) is 0. The van der Waals surface area contributed by atoms with Crippen LogP contribution >= 0.6 is 0 Å². The first-order chi connectivity index (χ1) is 12.0. The van der Waals surface area contributed by atoms with Gasteiger partial charge in [0, 0.05) is 23.9 Å². The van der Waals surface area contributed by atoms with Crippen molar-refractivity contribution in [3.63, 3.8) is 0 Å². The van der Waals surface area contributed by atoms with Crippen LogP contribution in [0.4, 0.5) is 5.82 Å². The largest absolute Gasteiger partial charge is 0.490 e. The first-order valence-electron chi connectivity index (χ1n) is 7.92. The second-order valence-corrected chi connectivity index (χ2v) is 5.60. The summed E-state index contributed by atoms with van der Waals surface area (Å²) in [4.78, 5) is 31.3. The zero-order chi connectivity index (χ0) is 18.4. The minimum Gasteiger partial charge on any atom is -0.490 e. The van der Waals surface area contributed by atoms with Crippen molar-refractivity contribution < 1.29 is 14.3 Å². The molecule has 0 bridgehead atoms. The van der Waals surface area contributed by atoms with Gasteiger partial charge in [-0.05, 0) is 44.9 Å². The highest BCUT2D eigenvalue weighted by atomic mass is 16.5. The zero-order valence-corrected chi connectivity index (χ0v) is 14.5. The summed E-state index contributed by atoms with van der Waals surface area (Å²) in [6, 6.07) is 5.45. The van der Waals surface area contributed by atoms with E-state index >= 15 is 0 Å². The monoisotopic (exact) mass is 340 g/mol. The summed E-state index contributed by atoms with van der Waals surface area (Å²) < 4.78 is 5.58. The molecular weight excluding hydrogens is 320 g/mol. The fourth-order valence-corrected chi connectivity index (χ4v) is 2.61.